The lowest BCUT2D eigenvalue weighted by atomic mass is 10.1. The maximum absolute atomic E-state index is 6.29. The van der Waals surface area contributed by atoms with Crippen molar-refractivity contribution in [1.82, 2.24) is 15.6 Å². The summed E-state index contributed by atoms with van der Waals surface area (Å²) in [5.41, 5.74) is 0.886. The van der Waals surface area contributed by atoms with Crippen LogP contribution >= 0.6 is 11.6 Å². The van der Waals surface area contributed by atoms with Crippen LogP contribution in [-0.4, -0.2) is 58.5 Å². The Labute approximate surface area is 182 Å². The van der Waals surface area contributed by atoms with Gasteiger partial charge in [0.15, 0.2) is 5.96 Å². The van der Waals surface area contributed by atoms with Gasteiger partial charge in [0.25, 0.3) is 0 Å². The molecule has 1 aromatic heterocycles. The predicted molar refractivity (Wildman–Crippen MR) is 119 cm³/mol. The standard InChI is InChI=1S/C21H28ClN5O3/c1-23-21(25-12-16-18(29-3)10-15(28-2)11-19(16)30-4)26-14-7-9-27(13-14)20-17(22)6-5-8-24-20/h5-6,8,10-11,14H,7,9,12-13H2,1-4H3,(H2,23,25,26). The van der Waals surface area contributed by atoms with Gasteiger partial charge in [0.2, 0.25) is 0 Å². The summed E-state index contributed by atoms with van der Waals surface area (Å²) in [5.74, 6) is 3.57. The molecule has 8 nitrogen and oxygen atoms in total. The van der Waals surface area contributed by atoms with Crippen LogP contribution in [0.15, 0.2) is 35.5 Å². The second kappa shape index (κ2) is 10.2. The number of guanidine groups is 1. The molecule has 0 radical (unpaired) electrons. The maximum atomic E-state index is 6.29. The lowest BCUT2D eigenvalue weighted by molar-refractivity contribution is 0.368. The number of halogens is 1. The second-order valence-corrected chi connectivity index (χ2v) is 7.23. The first-order valence-electron chi connectivity index (χ1n) is 9.71. The molecular formula is C21H28ClN5O3. The van der Waals surface area contributed by atoms with Gasteiger partial charge in [-0.3, -0.25) is 4.99 Å². The number of aliphatic imine (C=N–C) groups is 1. The van der Waals surface area contributed by atoms with Crippen LogP contribution in [0.4, 0.5) is 5.82 Å². The van der Waals surface area contributed by atoms with Crippen molar-refractivity contribution in [3.8, 4) is 17.2 Å². The molecule has 0 amide bonds. The highest BCUT2D eigenvalue weighted by Gasteiger charge is 2.25. The fourth-order valence-corrected chi connectivity index (χ4v) is 3.73. The number of aromatic nitrogens is 1. The van der Waals surface area contributed by atoms with Crippen LogP contribution in [0.25, 0.3) is 0 Å². The molecule has 1 aromatic carbocycles. The molecule has 2 N–H and O–H groups in total. The van der Waals surface area contributed by atoms with Crippen LogP contribution in [0.5, 0.6) is 17.2 Å². The third-order valence-corrected chi connectivity index (χ3v) is 5.34. The Bertz CT molecular complexity index is 868. The van der Waals surface area contributed by atoms with Crippen molar-refractivity contribution in [2.45, 2.75) is 19.0 Å². The van der Waals surface area contributed by atoms with E-state index in [2.05, 4.69) is 25.5 Å². The molecule has 9 heteroatoms. The van der Waals surface area contributed by atoms with Gasteiger partial charge in [0.05, 0.1) is 38.5 Å². The van der Waals surface area contributed by atoms with E-state index in [-0.39, 0.29) is 6.04 Å². The molecule has 1 unspecified atom stereocenters. The Balaban J connectivity index is 1.63. The molecule has 0 bridgehead atoms. The fourth-order valence-electron chi connectivity index (χ4n) is 3.49. The molecule has 0 saturated carbocycles. The molecule has 1 aliphatic heterocycles. The summed E-state index contributed by atoms with van der Waals surface area (Å²) in [7, 11) is 6.61. The van der Waals surface area contributed by atoms with E-state index in [4.69, 9.17) is 25.8 Å². The largest absolute Gasteiger partial charge is 0.496 e. The SMILES string of the molecule is CN=C(NCc1c(OC)cc(OC)cc1OC)NC1CCN(c2ncccc2Cl)C1. The number of ether oxygens (including phenoxy) is 3. The number of methoxy groups -OCH3 is 3. The predicted octanol–water partition coefficient (Wildman–Crippen LogP) is 2.70. The Morgan fingerprint density at radius 3 is 2.57 bits per heavy atom. The summed E-state index contributed by atoms with van der Waals surface area (Å²) in [6.07, 6.45) is 2.72. The minimum absolute atomic E-state index is 0.230. The van der Waals surface area contributed by atoms with Gasteiger partial charge in [-0.05, 0) is 18.6 Å². The van der Waals surface area contributed by atoms with E-state index in [0.29, 0.717) is 34.8 Å². The van der Waals surface area contributed by atoms with Crippen molar-refractivity contribution in [3.63, 3.8) is 0 Å². The van der Waals surface area contributed by atoms with Crippen molar-refractivity contribution in [2.75, 3.05) is 46.4 Å². The van der Waals surface area contributed by atoms with E-state index in [1.54, 1.807) is 34.6 Å². The van der Waals surface area contributed by atoms with Crippen molar-refractivity contribution >= 4 is 23.4 Å². The highest BCUT2D eigenvalue weighted by atomic mass is 35.5. The molecule has 3 rings (SSSR count). The normalized spacial score (nSPS) is 16.4. The number of benzene rings is 1. The minimum Gasteiger partial charge on any atom is -0.496 e. The zero-order valence-corrected chi connectivity index (χ0v) is 18.5. The van der Waals surface area contributed by atoms with Crippen molar-refractivity contribution in [1.29, 1.82) is 0 Å². The highest BCUT2D eigenvalue weighted by molar-refractivity contribution is 6.32. The maximum Gasteiger partial charge on any atom is 0.191 e. The van der Waals surface area contributed by atoms with E-state index in [1.165, 1.54) is 0 Å². The Kier molecular flexibility index (Phi) is 7.46. The first kappa shape index (κ1) is 21.8. The van der Waals surface area contributed by atoms with Crippen LogP contribution in [0.1, 0.15) is 12.0 Å². The molecule has 2 aromatic rings. The van der Waals surface area contributed by atoms with Gasteiger partial charge in [-0.15, -0.1) is 0 Å². The van der Waals surface area contributed by atoms with E-state index in [9.17, 15) is 0 Å². The zero-order valence-electron chi connectivity index (χ0n) is 17.7. The number of rotatable bonds is 7. The van der Waals surface area contributed by atoms with Crippen molar-refractivity contribution < 1.29 is 14.2 Å². The molecule has 30 heavy (non-hydrogen) atoms. The molecule has 1 saturated heterocycles. The number of hydrogen-bond acceptors (Lipinski definition) is 6. The van der Waals surface area contributed by atoms with E-state index in [1.807, 2.05) is 24.3 Å². The highest BCUT2D eigenvalue weighted by Crippen LogP contribution is 2.34. The summed E-state index contributed by atoms with van der Waals surface area (Å²) >= 11 is 6.29. The molecule has 162 valence electrons. The molecule has 1 atom stereocenters. The van der Waals surface area contributed by atoms with Gasteiger partial charge in [-0.2, -0.15) is 0 Å². The zero-order chi connectivity index (χ0) is 21.5. The topological polar surface area (TPSA) is 80.2 Å². The van der Waals surface area contributed by atoms with Gasteiger partial charge in [-0.1, -0.05) is 11.6 Å². The van der Waals surface area contributed by atoms with Gasteiger partial charge in [0.1, 0.15) is 23.1 Å². The van der Waals surface area contributed by atoms with E-state index in [0.717, 1.165) is 30.9 Å². The minimum atomic E-state index is 0.230. The number of hydrogen-bond donors (Lipinski definition) is 2. The van der Waals surface area contributed by atoms with Gasteiger partial charge in [-0.25, -0.2) is 4.98 Å². The van der Waals surface area contributed by atoms with Crippen molar-refractivity contribution in [3.05, 3.63) is 41.0 Å². The average molecular weight is 434 g/mol. The summed E-state index contributed by atoms with van der Waals surface area (Å²) in [6, 6.07) is 7.60. The monoisotopic (exact) mass is 433 g/mol. The molecular weight excluding hydrogens is 406 g/mol. The van der Waals surface area contributed by atoms with Crippen molar-refractivity contribution in [2.24, 2.45) is 4.99 Å². The third kappa shape index (κ3) is 4.99. The smallest absolute Gasteiger partial charge is 0.191 e. The number of anilines is 1. The van der Waals surface area contributed by atoms with Crippen LogP contribution < -0.4 is 29.7 Å². The number of nitrogens with zero attached hydrogens (tertiary/aromatic N) is 3. The first-order valence-corrected chi connectivity index (χ1v) is 10.1. The number of nitrogens with one attached hydrogen (secondary N) is 2. The Hall–Kier alpha value is -2.87. The van der Waals surface area contributed by atoms with Crippen LogP contribution in [0, 0.1) is 0 Å². The summed E-state index contributed by atoms with van der Waals surface area (Å²) < 4.78 is 16.3. The average Bonchev–Trinajstić information content (AvgIpc) is 3.24. The number of pyridine rings is 1. The molecule has 0 spiro atoms. The van der Waals surface area contributed by atoms with Gasteiger partial charge < -0.3 is 29.7 Å². The van der Waals surface area contributed by atoms with E-state index >= 15 is 0 Å². The van der Waals surface area contributed by atoms with Gasteiger partial charge >= 0.3 is 0 Å². The Morgan fingerprint density at radius 1 is 1.23 bits per heavy atom. The van der Waals surface area contributed by atoms with Crippen LogP contribution in [0.3, 0.4) is 0 Å². The molecule has 1 aliphatic rings. The van der Waals surface area contributed by atoms with Crippen LogP contribution in [-0.2, 0) is 6.54 Å². The lowest BCUT2D eigenvalue weighted by Crippen LogP contribution is -2.44. The quantitative estimate of drug-likeness (QED) is 0.513. The summed E-state index contributed by atoms with van der Waals surface area (Å²) in [6.45, 7) is 2.16. The molecule has 0 aliphatic carbocycles. The second-order valence-electron chi connectivity index (χ2n) is 6.82. The first-order chi connectivity index (χ1) is 14.6. The lowest BCUT2D eigenvalue weighted by Gasteiger charge is -2.21. The summed E-state index contributed by atoms with van der Waals surface area (Å²) in [5, 5.41) is 7.48. The summed E-state index contributed by atoms with van der Waals surface area (Å²) in [4.78, 5) is 10.9. The van der Waals surface area contributed by atoms with Crippen LogP contribution in [0.2, 0.25) is 5.02 Å². The molecule has 1 fully saturated rings. The Morgan fingerprint density at radius 2 is 1.97 bits per heavy atom. The fraction of sp³-hybridized carbons (Fsp3) is 0.429. The third-order valence-electron chi connectivity index (χ3n) is 5.04. The molecule has 2 heterocycles. The van der Waals surface area contributed by atoms with Gasteiger partial charge in [0, 0.05) is 44.5 Å². The van der Waals surface area contributed by atoms with E-state index < -0.39 is 0 Å².